The molecule has 3 heterocycles. The highest BCUT2D eigenvalue weighted by Gasteiger charge is 2.34. The zero-order valence-electron chi connectivity index (χ0n) is 14.5. The molecule has 138 valence electrons. The zero-order chi connectivity index (χ0) is 18.6. The lowest BCUT2D eigenvalue weighted by Gasteiger charge is -2.26. The van der Waals surface area contributed by atoms with Gasteiger partial charge in [0.1, 0.15) is 11.5 Å². The van der Waals surface area contributed by atoms with Crippen molar-refractivity contribution in [3.63, 3.8) is 0 Å². The highest BCUT2D eigenvalue weighted by molar-refractivity contribution is 7.91. The van der Waals surface area contributed by atoms with Crippen molar-refractivity contribution in [2.45, 2.75) is 25.9 Å². The molecule has 2 aromatic rings. The molecular formula is C17H21N5O3S. The van der Waals surface area contributed by atoms with Crippen LogP contribution < -0.4 is 5.32 Å². The molecule has 26 heavy (non-hydrogen) atoms. The molecule has 1 aliphatic heterocycles. The topological polar surface area (TPSA) is 105 Å². The van der Waals surface area contributed by atoms with E-state index in [0.717, 1.165) is 5.56 Å². The van der Waals surface area contributed by atoms with Crippen molar-refractivity contribution in [2.75, 3.05) is 23.4 Å². The van der Waals surface area contributed by atoms with Gasteiger partial charge in [0, 0.05) is 31.5 Å². The molecule has 1 aliphatic rings. The van der Waals surface area contributed by atoms with Crippen LogP contribution in [0.3, 0.4) is 0 Å². The van der Waals surface area contributed by atoms with Crippen molar-refractivity contribution in [1.29, 1.82) is 0 Å². The number of amides is 1. The quantitative estimate of drug-likeness (QED) is 0.807. The number of carbonyl (C=O) groups is 1. The Morgan fingerprint density at radius 3 is 2.62 bits per heavy atom. The summed E-state index contributed by atoms with van der Waals surface area (Å²) >= 11 is 0. The first kappa shape index (κ1) is 18.2. The van der Waals surface area contributed by atoms with Crippen LogP contribution in [-0.4, -0.2) is 58.3 Å². The fourth-order valence-electron chi connectivity index (χ4n) is 2.96. The van der Waals surface area contributed by atoms with Gasteiger partial charge in [-0.3, -0.25) is 9.78 Å². The van der Waals surface area contributed by atoms with Gasteiger partial charge in [0.05, 0.1) is 23.9 Å². The van der Waals surface area contributed by atoms with Crippen LogP contribution in [0.5, 0.6) is 0 Å². The summed E-state index contributed by atoms with van der Waals surface area (Å²) in [5.74, 6) is 0.420. The number of pyridine rings is 1. The van der Waals surface area contributed by atoms with Crippen molar-refractivity contribution in [3.8, 4) is 0 Å². The third kappa shape index (κ3) is 4.34. The first-order valence-corrected chi connectivity index (χ1v) is 10.3. The normalized spacial score (nSPS) is 18.4. The number of sulfone groups is 1. The lowest BCUT2D eigenvalue weighted by atomic mass is 10.2. The SMILES string of the molecule is CCN(C(=O)c1cnc(NCc2ccncc2)cn1)C1CCS(=O)(=O)C1. The summed E-state index contributed by atoms with van der Waals surface area (Å²) < 4.78 is 23.4. The van der Waals surface area contributed by atoms with Crippen molar-refractivity contribution < 1.29 is 13.2 Å². The predicted molar refractivity (Wildman–Crippen MR) is 97.4 cm³/mol. The predicted octanol–water partition coefficient (Wildman–Crippen LogP) is 1.13. The minimum Gasteiger partial charge on any atom is -0.365 e. The van der Waals surface area contributed by atoms with E-state index in [9.17, 15) is 13.2 Å². The molecule has 0 aromatic carbocycles. The highest BCUT2D eigenvalue weighted by atomic mass is 32.2. The Bertz CT molecular complexity index is 856. The Hall–Kier alpha value is -2.55. The largest absolute Gasteiger partial charge is 0.365 e. The summed E-state index contributed by atoms with van der Waals surface area (Å²) in [6.07, 6.45) is 6.83. The monoisotopic (exact) mass is 375 g/mol. The molecular weight excluding hydrogens is 354 g/mol. The Labute approximate surface area is 152 Å². The van der Waals surface area contributed by atoms with Crippen molar-refractivity contribution >= 4 is 21.6 Å². The Kier molecular flexibility index (Phi) is 5.46. The fourth-order valence-corrected chi connectivity index (χ4v) is 4.69. The van der Waals surface area contributed by atoms with Gasteiger partial charge < -0.3 is 10.2 Å². The maximum atomic E-state index is 12.7. The standard InChI is InChI=1S/C17H21N5O3S/c1-2-22(14-5-8-26(24,25)12-14)17(23)15-10-21-16(11-19-15)20-9-13-3-6-18-7-4-13/h3-4,6-7,10-11,14H,2,5,8-9,12H2,1H3,(H,20,21). The highest BCUT2D eigenvalue weighted by Crippen LogP contribution is 2.19. The van der Waals surface area contributed by atoms with E-state index in [1.165, 1.54) is 12.4 Å². The molecule has 1 unspecified atom stereocenters. The van der Waals surface area contributed by atoms with Crippen LogP contribution in [0.25, 0.3) is 0 Å². The van der Waals surface area contributed by atoms with Gasteiger partial charge in [-0.05, 0) is 31.0 Å². The lowest BCUT2D eigenvalue weighted by Crippen LogP contribution is -2.41. The second-order valence-electron chi connectivity index (χ2n) is 6.14. The molecule has 0 saturated carbocycles. The molecule has 8 nitrogen and oxygen atoms in total. The third-order valence-corrected chi connectivity index (χ3v) is 6.10. The number of hydrogen-bond donors (Lipinski definition) is 1. The van der Waals surface area contributed by atoms with Crippen LogP contribution in [0, 0.1) is 0 Å². The summed E-state index contributed by atoms with van der Waals surface area (Å²) in [5.41, 5.74) is 1.27. The maximum absolute atomic E-state index is 12.7. The van der Waals surface area contributed by atoms with Crippen molar-refractivity contribution in [2.24, 2.45) is 0 Å². The molecule has 3 rings (SSSR count). The van der Waals surface area contributed by atoms with Crippen LogP contribution in [0.2, 0.25) is 0 Å². The van der Waals surface area contributed by atoms with E-state index in [2.05, 4.69) is 20.3 Å². The van der Waals surface area contributed by atoms with Gasteiger partial charge in [0.25, 0.3) is 5.91 Å². The Balaban J connectivity index is 1.64. The molecule has 1 saturated heterocycles. The van der Waals surface area contributed by atoms with E-state index in [-0.39, 0.29) is 29.1 Å². The average molecular weight is 375 g/mol. The van der Waals surface area contributed by atoms with E-state index in [1.807, 2.05) is 19.1 Å². The second kappa shape index (κ2) is 7.77. The van der Waals surface area contributed by atoms with Crippen molar-refractivity contribution in [3.05, 3.63) is 48.2 Å². The van der Waals surface area contributed by atoms with Gasteiger partial charge in [0.15, 0.2) is 9.84 Å². The Morgan fingerprint density at radius 2 is 2.04 bits per heavy atom. The molecule has 1 fully saturated rings. The molecule has 1 amide bonds. The van der Waals surface area contributed by atoms with Crippen molar-refractivity contribution in [1.82, 2.24) is 19.9 Å². The van der Waals surface area contributed by atoms with Crippen LogP contribution in [0.15, 0.2) is 36.9 Å². The average Bonchev–Trinajstić information content (AvgIpc) is 3.01. The van der Waals surface area contributed by atoms with Crippen LogP contribution in [0.4, 0.5) is 5.82 Å². The zero-order valence-corrected chi connectivity index (χ0v) is 15.3. The fraction of sp³-hybridized carbons (Fsp3) is 0.412. The van der Waals surface area contributed by atoms with Crippen LogP contribution in [-0.2, 0) is 16.4 Å². The summed E-state index contributed by atoms with van der Waals surface area (Å²) in [5, 5.41) is 3.13. The maximum Gasteiger partial charge on any atom is 0.274 e. The minimum atomic E-state index is -3.05. The molecule has 0 spiro atoms. The molecule has 9 heteroatoms. The summed E-state index contributed by atoms with van der Waals surface area (Å²) in [7, 11) is -3.05. The Morgan fingerprint density at radius 1 is 1.27 bits per heavy atom. The molecule has 0 aliphatic carbocycles. The number of nitrogens with zero attached hydrogens (tertiary/aromatic N) is 4. The first-order chi connectivity index (χ1) is 12.5. The number of carbonyl (C=O) groups excluding carboxylic acids is 1. The van der Waals surface area contributed by atoms with Gasteiger partial charge in [0.2, 0.25) is 0 Å². The number of rotatable bonds is 6. The number of nitrogens with one attached hydrogen (secondary N) is 1. The van der Waals surface area contributed by atoms with Gasteiger partial charge in [-0.25, -0.2) is 18.4 Å². The number of anilines is 1. The van der Waals surface area contributed by atoms with E-state index < -0.39 is 9.84 Å². The molecule has 1 atom stereocenters. The minimum absolute atomic E-state index is 0.0194. The lowest BCUT2D eigenvalue weighted by molar-refractivity contribution is 0.0702. The number of hydrogen-bond acceptors (Lipinski definition) is 7. The molecule has 1 N–H and O–H groups in total. The van der Waals surface area contributed by atoms with Crippen LogP contribution in [0.1, 0.15) is 29.4 Å². The van der Waals surface area contributed by atoms with Gasteiger partial charge >= 0.3 is 0 Å². The van der Waals surface area contributed by atoms with Gasteiger partial charge in [-0.15, -0.1) is 0 Å². The van der Waals surface area contributed by atoms with E-state index >= 15 is 0 Å². The summed E-state index contributed by atoms with van der Waals surface area (Å²) in [6, 6.07) is 3.50. The van der Waals surface area contributed by atoms with E-state index in [1.54, 1.807) is 17.3 Å². The number of aromatic nitrogens is 3. The molecule has 2 aromatic heterocycles. The van der Waals surface area contributed by atoms with Gasteiger partial charge in [-0.2, -0.15) is 0 Å². The van der Waals surface area contributed by atoms with E-state index in [4.69, 9.17) is 0 Å². The summed E-state index contributed by atoms with van der Waals surface area (Å²) in [4.78, 5) is 26.6. The molecule has 0 radical (unpaired) electrons. The van der Waals surface area contributed by atoms with Gasteiger partial charge in [-0.1, -0.05) is 0 Å². The third-order valence-electron chi connectivity index (χ3n) is 4.34. The smallest absolute Gasteiger partial charge is 0.274 e. The molecule has 0 bridgehead atoms. The second-order valence-corrected chi connectivity index (χ2v) is 8.37. The summed E-state index contributed by atoms with van der Waals surface area (Å²) in [6.45, 7) is 2.84. The van der Waals surface area contributed by atoms with Crippen LogP contribution >= 0.6 is 0 Å². The first-order valence-electron chi connectivity index (χ1n) is 8.44. The van der Waals surface area contributed by atoms with E-state index in [0.29, 0.717) is 25.3 Å².